The Bertz CT molecular complexity index is 552. The first-order valence-corrected chi connectivity index (χ1v) is 5.64. The second kappa shape index (κ2) is 4.87. The summed E-state index contributed by atoms with van der Waals surface area (Å²) in [5, 5.41) is 7.76. The van der Waals surface area contributed by atoms with Crippen LogP contribution in [0.1, 0.15) is 23.1 Å². The minimum absolute atomic E-state index is 0.0401. The van der Waals surface area contributed by atoms with Crippen molar-refractivity contribution in [1.82, 2.24) is 0 Å². The van der Waals surface area contributed by atoms with Gasteiger partial charge in [-0.1, -0.05) is 18.2 Å². The van der Waals surface area contributed by atoms with E-state index in [-0.39, 0.29) is 5.96 Å². The molecule has 0 saturated carbocycles. The zero-order valence-electron chi connectivity index (χ0n) is 10.2. The zero-order valence-corrected chi connectivity index (χ0v) is 10.2. The predicted molar refractivity (Wildman–Crippen MR) is 73.8 cm³/mol. The van der Waals surface area contributed by atoms with E-state index in [2.05, 4.69) is 15.2 Å². The molecule has 1 aliphatic rings. The standard InChI is InChI=1S/C12H16N6/c1-16-11(13)9-4-2-3-8-7(9)5-6-10(8)17-18-12(14)15/h2-4H,5-6H2,1H3,(H2,13,16)(H4,14,15,18). The Balaban J connectivity index is 2.47. The molecule has 1 aromatic carbocycles. The molecule has 2 rings (SSSR count). The maximum Gasteiger partial charge on any atom is 0.211 e. The fraction of sp³-hybridized carbons (Fsp3) is 0.250. The number of benzene rings is 1. The van der Waals surface area contributed by atoms with Gasteiger partial charge in [0.15, 0.2) is 0 Å². The smallest absolute Gasteiger partial charge is 0.211 e. The number of hydrogen-bond acceptors (Lipinski definition) is 3. The Kier molecular flexibility index (Phi) is 3.27. The highest BCUT2D eigenvalue weighted by atomic mass is 15.3. The maximum absolute atomic E-state index is 5.88. The molecule has 0 spiro atoms. The predicted octanol–water partition coefficient (Wildman–Crippen LogP) is -0.0546. The van der Waals surface area contributed by atoms with Crippen LogP contribution < -0.4 is 17.2 Å². The number of nitrogens with zero attached hydrogens (tertiary/aromatic N) is 3. The molecule has 6 heteroatoms. The lowest BCUT2D eigenvalue weighted by Gasteiger charge is -2.06. The average molecular weight is 244 g/mol. The summed E-state index contributed by atoms with van der Waals surface area (Å²) in [5.74, 6) is 0.497. The molecule has 94 valence electrons. The van der Waals surface area contributed by atoms with Crippen LogP contribution in [-0.4, -0.2) is 24.6 Å². The number of guanidine groups is 1. The molecule has 1 aliphatic carbocycles. The Morgan fingerprint density at radius 1 is 1.17 bits per heavy atom. The molecule has 18 heavy (non-hydrogen) atoms. The number of rotatable bonds is 2. The van der Waals surface area contributed by atoms with E-state index >= 15 is 0 Å². The lowest BCUT2D eigenvalue weighted by Crippen LogP contribution is -2.22. The molecule has 0 bridgehead atoms. The van der Waals surface area contributed by atoms with Crippen molar-refractivity contribution in [3.63, 3.8) is 0 Å². The number of amidine groups is 1. The summed E-state index contributed by atoms with van der Waals surface area (Å²) in [5.41, 5.74) is 20.5. The van der Waals surface area contributed by atoms with Gasteiger partial charge in [0.05, 0.1) is 5.71 Å². The number of hydrogen-bond donors (Lipinski definition) is 3. The molecule has 0 fully saturated rings. The summed E-state index contributed by atoms with van der Waals surface area (Å²) in [7, 11) is 1.68. The van der Waals surface area contributed by atoms with Crippen LogP contribution in [0.25, 0.3) is 0 Å². The topological polar surface area (TPSA) is 115 Å². The second-order valence-corrected chi connectivity index (χ2v) is 4.01. The van der Waals surface area contributed by atoms with Gasteiger partial charge in [-0.2, -0.15) is 5.10 Å². The van der Waals surface area contributed by atoms with Crippen molar-refractivity contribution in [2.24, 2.45) is 32.4 Å². The van der Waals surface area contributed by atoms with Gasteiger partial charge in [-0.3, -0.25) is 4.99 Å². The van der Waals surface area contributed by atoms with Gasteiger partial charge >= 0.3 is 0 Å². The highest BCUT2D eigenvalue weighted by molar-refractivity contribution is 6.09. The third-order valence-electron chi connectivity index (χ3n) is 2.90. The van der Waals surface area contributed by atoms with Gasteiger partial charge in [0, 0.05) is 18.2 Å². The van der Waals surface area contributed by atoms with Crippen molar-refractivity contribution in [2.45, 2.75) is 12.8 Å². The highest BCUT2D eigenvalue weighted by Gasteiger charge is 2.21. The quantitative estimate of drug-likeness (QED) is 0.384. The summed E-state index contributed by atoms with van der Waals surface area (Å²) in [6.45, 7) is 0. The highest BCUT2D eigenvalue weighted by Crippen LogP contribution is 2.26. The molecule has 0 aromatic heterocycles. The summed E-state index contributed by atoms with van der Waals surface area (Å²) in [4.78, 5) is 4.02. The number of nitrogens with two attached hydrogens (primary N) is 3. The zero-order chi connectivity index (χ0) is 13.1. The molecule has 0 heterocycles. The lowest BCUT2D eigenvalue weighted by molar-refractivity contribution is 1.07. The third kappa shape index (κ3) is 2.17. The first kappa shape index (κ1) is 12.1. The van der Waals surface area contributed by atoms with Crippen molar-refractivity contribution in [3.05, 3.63) is 34.9 Å². The Morgan fingerprint density at radius 2 is 1.94 bits per heavy atom. The molecular formula is C12H16N6. The van der Waals surface area contributed by atoms with Gasteiger partial charge in [-0.05, 0) is 18.4 Å². The molecule has 6 nitrogen and oxygen atoms in total. The van der Waals surface area contributed by atoms with Crippen molar-refractivity contribution in [2.75, 3.05) is 7.05 Å². The fourth-order valence-corrected chi connectivity index (χ4v) is 2.09. The van der Waals surface area contributed by atoms with E-state index in [0.29, 0.717) is 5.84 Å². The SMILES string of the molecule is CN=C(N)c1cccc2c1CCC2=NN=C(N)N. The van der Waals surface area contributed by atoms with E-state index in [0.717, 1.165) is 35.2 Å². The first-order valence-electron chi connectivity index (χ1n) is 5.64. The van der Waals surface area contributed by atoms with E-state index in [1.54, 1.807) is 7.05 Å². The van der Waals surface area contributed by atoms with Crippen molar-refractivity contribution < 1.29 is 0 Å². The number of aliphatic imine (C=N–C) groups is 1. The Morgan fingerprint density at radius 3 is 2.61 bits per heavy atom. The third-order valence-corrected chi connectivity index (χ3v) is 2.90. The minimum atomic E-state index is -0.0401. The first-order chi connectivity index (χ1) is 8.63. The van der Waals surface area contributed by atoms with Crippen molar-refractivity contribution >= 4 is 17.5 Å². The maximum atomic E-state index is 5.88. The van der Waals surface area contributed by atoms with Crippen LogP contribution in [0.2, 0.25) is 0 Å². The molecule has 0 radical (unpaired) electrons. The second-order valence-electron chi connectivity index (χ2n) is 4.01. The molecule has 6 N–H and O–H groups in total. The average Bonchev–Trinajstić information content (AvgIpc) is 2.78. The Hall–Kier alpha value is -2.37. The van der Waals surface area contributed by atoms with Crippen LogP contribution in [0.4, 0.5) is 0 Å². The van der Waals surface area contributed by atoms with Crippen LogP contribution in [-0.2, 0) is 6.42 Å². The summed E-state index contributed by atoms with van der Waals surface area (Å²) >= 11 is 0. The summed E-state index contributed by atoms with van der Waals surface area (Å²) < 4.78 is 0. The van der Waals surface area contributed by atoms with Crippen LogP contribution in [0, 0.1) is 0 Å². The molecule has 0 saturated heterocycles. The molecule has 0 aliphatic heterocycles. The van der Waals surface area contributed by atoms with E-state index in [1.807, 2.05) is 18.2 Å². The summed E-state index contributed by atoms with van der Waals surface area (Å²) in [6.07, 6.45) is 1.68. The van der Waals surface area contributed by atoms with Gasteiger partial charge in [-0.25, -0.2) is 0 Å². The Labute approximate surface area is 105 Å². The van der Waals surface area contributed by atoms with Gasteiger partial charge in [0.1, 0.15) is 5.84 Å². The minimum Gasteiger partial charge on any atom is -0.384 e. The van der Waals surface area contributed by atoms with Crippen LogP contribution in [0.3, 0.4) is 0 Å². The van der Waals surface area contributed by atoms with E-state index in [1.165, 1.54) is 0 Å². The molecule has 1 aromatic rings. The van der Waals surface area contributed by atoms with E-state index in [9.17, 15) is 0 Å². The van der Waals surface area contributed by atoms with Crippen LogP contribution in [0.5, 0.6) is 0 Å². The van der Waals surface area contributed by atoms with Crippen LogP contribution in [0.15, 0.2) is 33.4 Å². The van der Waals surface area contributed by atoms with Crippen molar-refractivity contribution in [1.29, 1.82) is 0 Å². The molecule has 0 unspecified atom stereocenters. The van der Waals surface area contributed by atoms with Gasteiger partial charge in [-0.15, -0.1) is 5.10 Å². The van der Waals surface area contributed by atoms with E-state index in [4.69, 9.17) is 17.2 Å². The normalized spacial score (nSPS) is 16.7. The largest absolute Gasteiger partial charge is 0.384 e. The molecule has 0 atom stereocenters. The monoisotopic (exact) mass is 244 g/mol. The lowest BCUT2D eigenvalue weighted by atomic mass is 10.0. The molecule has 0 amide bonds. The van der Waals surface area contributed by atoms with Gasteiger partial charge < -0.3 is 17.2 Å². The number of fused-ring (bicyclic) bond motifs is 1. The molecular weight excluding hydrogens is 228 g/mol. The summed E-state index contributed by atoms with van der Waals surface area (Å²) in [6, 6.07) is 5.89. The van der Waals surface area contributed by atoms with Crippen molar-refractivity contribution in [3.8, 4) is 0 Å². The van der Waals surface area contributed by atoms with Gasteiger partial charge in [0.25, 0.3) is 0 Å². The van der Waals surface area contributed by atoms with E-state index < -0.39 is 0 Å². The van der Waals surface area contributed by atoms with Crippen LogP contribution >= 0.6 is 0 Å². The van der Waals surface area contributed by atoms with Gasteiger partial charge in [0.2, 0.25) is 5.96 Å². The fourth-order valence-electron chi connectivity index (χ4n) is 2.09.